The van der Waals surface area contributed by atoms with E-state index in [9.17, 15) is 14.9 Å². The lowest BCUT2D eigenvalue weighted by Gasteiger charge is -2.22. The van der Waals surface area contributed by atoms with Gasteiger partial charge in [0, 0.05) is 64.9 Å². The summed E-state index contributed by atoms with van der Waals surface area (Å²) >= 11 is 0. The first-order chi connectivity index (χ1) is 20.2. The second-order valence-electron chi connectivity index (χ2n) is 12.2. The summed E-state index contributed by atoms with van der Waals surface area (Å²) in [6, 6.07) is 5.65. The molecule has 0 aromatic carbocycles. The molecule has 2 amide bonds. The normalized spacial score (nSPS) is 28.1. The molecule has 42 heavy (non-hydrogen) atoms. The highest BCUT2D eigenvalue weighted by Crippen LogP contribution is 2.53. The van der Waals surface area contributed by atoms with Crippen LogP contribution < -0.4 is 21.7 Å². The number of nitrogens with one attached hydrogen (secondary N) is 3. The van der Waals surface area contributed by atoms with E-state index in [0.29, 0.717) is 28.5 Å². The molecule has 4 unspecified atom stereocenters. The van der Waals surface area contributed by atoms with Gasteiger partial charge in [-0.3, -0.25) is 19.6 Å². The van der Waals surface area contributed by atoms with Crippen LogP contribution in [-0.4, -0.2) is 40.9 Å². The fourth-order valence-corrected chi connectivity index (χ4v) is 5.69. The molecule has 216 valence electrons. The smallest absolute Gasteiger partial charge is 0.255 e. The first-order valence-electron chi connectivity index (χ1n) is 14.7. The van der Waals surface area contributed by atoms with Crippen molar-refractivity contribution in [1.82, 2.24) is 20.9 Å². The third-order valence-electron chi connectivity index (χ3n) is 8.50. The first-order valence-corrected chi connectivity index (χ1v) is 14.7. The fourth-order valence-electron chi connectivity index (χ4n) is 5.69. The number of aromatic nitrogens is 1. The number of amidine groups is 1. The summed E-state index contributed by atoms with van der Waals surface area (Å²) in [4.78, 5) is 39.0. The molecule has 3 heterocycles. The van der Waals surface area contributed by atoms with Crippen molar-refractivity contribution in [3.8, 4) is 6.07 Å². The molecule has 2 aliphatic heterocycles. The molecule has 0 radical (unpaired) electrons. The fraction of sp³-hybridized carbons (Fsp3) is 0.438. The minimum absolute atomic E-state index is 0.0428. The Morgan fingerprint density at radius 2 is 2.02 bits per heavy atom. The Hall–Kier alpha value is -4.52. The maximum Gasteiger partial charge on any atom is 0.255 e. The standard InChI is InChI=1S/C32H36N8O2/c1-17(2)38-25(14-24(34)27-22-7-11-36-29(28(22)27)40-30(41)19-4-5-19)23-13-21(15-37-18(23)3)39-31(42)20-6-10-35-26(12-20)32(16-33)8-9-32/h6-7,10-15,17-19,22,27-28,38H,4-5,8-9,34H2,1-3H3,(H,39,42)(H,36,40,41)/b24-14-,25-23+. The number of pyridine rings is 1. The van der Waals surface area contributed by atoms with Gasteiger partial charge in [0.1, 0.15) is 5.84 Å². The monoisotopic (exact) mass is 564 g/mol. The van der Waals surface area contributed by atoms with Gasteiger partial charge >= 0.3 is 0 Å². The van der Waals surface area contributed by atoms with Crippen LogP contribution >= 0.6 is 0 Å². The number of nitrogens with zero attached hydrogens (tertiary/aromatic N) is 4. The highest BCUT2D eigenvalue weighted by molar-refractivity contribution is 6.03. The van der Waals surface area contributed by atoms with E-state index < -0.39 is 5.41 Å². The zero-order valence-corrected chi connectivity index (χ0v) is 24.1. The number of nitriles is 1. The summed E-state index contributed by atoms with van der Waals surface area (Å²) < 4.78 is 0. The van der Waals surface area contributed by atoms with Gasteiger partial charge in [-0.05, 0) is 76.7 Å². The Morgan fingerprint density at radius 3 is 2.71 bits per heavy atom. The lowest BCUT2D eigenvalue weighted by molar-refractivity contribution is -0.120. The maximum absolute atomic E-state index is 13.2. The van der Waals surface area contributed by atoms with Gasteiger partial charge in [-0.15, -0.1) is 0 Å². The van der Waals surface area contributed by atoms with Crippen molar-refractivity contribution in [1.29, 1.82) is 5.26 Å². The molecule has 1 aromatic rings. The van der Waals surface area contributed by atoms with Crippen molar-refractivity contribution in [2.24, 2.45) is 39.4 Å². The summed E-state index contributed by atoms with van der Waals surface area (Å²) in [7, 11) is 0. The summed E-state index contributed by atoms with van der Waals surface area (Å²) in [5.41, 5.74) is 10.2. The Labute approximate surface area is 245 Å². The minimum atomic E-state index is -0.568. The van der Waals surface area contributed by atoms with Crippen LogP contribution in [0.1, 0.15) is 62.5 Å². The summed E-state index contributed by atoms with van der Waals surface area (Å²) in [6.07, 6.45) is 14.3. The van der Waals surface area contributed by atoms with E-state index >= 15 is 0 Å². The van der Waals surface area contributed by atoms with Crippen LogP contribution in [0.25, 0.3) is 0 Å². The molecule has 0 spiro atoms. The molecule has 5 N–H and O–H groups in total. The molecule has 3 saturated carbocycles. The molecule has 10 heteroatoms. The number of rotatable bonds is 8. The first kappa shape index (κ1) is 27.6. The quantitative estimate of drug-likeness (QED) is 0.380. The Kier molecular flexibility index (Phi) is 7.05. The molecule has 0 saturated heterocycles. The van der Waals surface area contributed by atoms with Crippen LogP contribution in [0, 0.1) is 35.0 Å². The average molecular weight is 565 g/mol. The number of allylic oxidation sites excluding steroid dienone is 4. The topological polar surface area (TPSA) is 158 Å². The second-order valence-corrected chi connectivity index (χ2v) is 12.2. The lowest BCUT2D eigenvalue weighted by atomic mass is 10.00. The highest BCUT2D eigenvalue weighted by Gasteiger charge is 2.55. The zero-order valence-electron chi connectivity index (χ0n) is 24.1. The number of aliphatic imine (C=N–C) groups is 2. The van der Waals surface area contributed by atoms with E-state index in [0.717, 1.165) is 37.0 Å². The summed E-state index contributed by atoms with van der Waals surface area (Å²) in [5, 5.41) is 19.0. The predicted octanol–water partition coefficient (Wildman–Crippen LogP) is 3.13. The van der Waals surface area contributed by atoms with Gasteiger partial charge in [0.2, 0.25) is 5.91 Å². The minimum Gasteiger partial charge on any atom is -0.402 e. The van der Waals surface area contributed by atoms with Crippen LogP contribution in [-0.2, 0) is 10.2 Å². The number of dihydropyridines is 1. The zero-order chi connectivity index (χ0) is 29.6. The third kappa shape index (κ3) is 5.51. The van der Waals surface area contributed by atoms with Gasteiger partial charge in [-0.2, -0.15) is 5.26 Å². The van der Waals surface area contributed by atoms with Crippen LogP contribution in [0.2, 0.25) is 0 Å². The predicted molar refractivity (Wildman–Crippen MR) is 160 cm³/mol. The van der Waals surface area contributed by atoms with E-state index in [1.165, 1.54) is 0 Å². The van der Waals surface area contributed by atoms with Crippen LogP contribution in [0.3, 0.4) is 0 Å². The van der Waals surface area contributed by atoms with Crippen molar-refractivity contribution >= 4 is 23.9 Å². The van der Waals surface area contributed by atoms with Crippen LogP contribution in [0.15, 0.2) is 75.4 Å². The molecule has 10 nitrogen and oxygen atoms in total. The summed E-state index contributed by atoms with van der Waals surface area (Å²) in [5.74, 6) is 0.876. The van der Waals surface area contributed by atoms with Gasteiger partial charge in [-0.25, -0.2) is 4.99 Å². The van der Waals surface area contributed by atoms with E-state index in [2.05, 4.69) is 56.9 Å². The lowest BCUT2D eigenvalue weighted by Crippen LogP contribution is -2.34. The average Bonchev–Trinajstić information content (AvgIpc) is 3.85. The van der Waals surface area contributed by atoms with Crippen molar-refractivity contribution in [3.63, 3.8) is 0 Å². The van der Waals surface area contributed by atoms with Gasteiger partial charge in [0.05, 0.1) is 28.9 Å². The Morgan fingerprint density at radius 1 is 1.24 bits per heavy atom. The van der Waals surface area contributed by atoms with Crippen molar-refractivity contribution in [3.05, 3.63) is 76.7 Å². The Balaban J connectivity index is 1.23. The van der Waals surface area contributed by atoms with Crippen molar-refractivity contribution < 1.29 is 9.59 Å². The van der Waals surface area contributed by atoms with Crippen LogP contribution in [0.4, 0.5) is 0 Å². The number of amides is 2. The molecule has 4 atom stereocenters. The Bertz CT molecular complexity index is 1550. The van der Waals surface area contributed by atoms with Gasteiger partial charge in [0.25, 0.3) is 5.91 Å². The number of hydrogen-bond donors (Lipinski definition) is 4. The molecule has 3 aliphatic carbocycles. The number of carbonyl (C=O) groups excluding carboxylic acids is 2. The number of nitrogens with two attached hydrogens (primary N) is 1. The van der Waals surface area contributed by atoms with Crippen molar-refractivity contribution in [2.75, 3.05) is 0 Å². The third-order valence-corrected chi connectivity index (χ3v) is 8.50. The van der Waals surface area contributed by atoms with Gasteiger partial charge in [0.15, 0.2) is 0 Å². The number of hydrogen-bond acceptors (Lipinski definition) is 8. The van der Waals surface area contributed by atoms with E-state index in [4.69, 9.17) is 5.73 Å². The van der Waals surface area contributed by atoms with Crippen molar-refractivity contribution in [2.45, 2.75) is 64.0 Å². The second kappa shape index (κ2) is 10.7. The summed E-state index contributed by atoms with van der Waals surface area (Å²) in [6.45, 7) is 6.11. The maximum atomic E-state index is 13.2. The van der Waals surface area contributed by atoms with E-state index in [1.54, 1.807) is 30.7 Å². The molecule has 5 aliphatic rings. The van der Waals surface area contributed by atoms with E-state index in [-0.39, 0.29) is 47.6 Å². The molecule has 6 rings (SSSR count). The molecule has 3 fully saturated rings. The molecule has 0 bridgehead atoms. The number of carbonyl (C=O) groups is 2. The number of fused-ring (bicyclic) bond motifs is 1. The molecular formula is C32H36N8O2. The van der Waals surface area contributed by atoms with Crippen LogP contribution in [0.5, 0.6) is 0 Å². The molecule has 1 aromatic heterocycles. The molecular weight excluding hydrogens is 528 g/mol. The highest BCUT2D eigenvalue weighted by atomic mass is 16.2. The van der Waals surface area contributed by atoms with E-state index in [1.807, 2.05) is 19.1 Å². The van der Waals surface area contributed by atoms with Gasteiger partial charge < -0.3 is 21.7 Å². The largest absolute Gasteiger partial charge is 0.402 e. The van der Waals surface area contributed by atoms with Gasteiger partial charge in [-0.1, -0.05) is 6.08 Å². The SMILES string of the molecule is CC(C)NC(/C=C(\N)C1C2C=CN=C(NC(=O)C3CC3)C21)=C1\C=C(NC(=O)c2ccnc(C3(C#N)CC3)c2)C=NC1C.